The molecular formula is C22H26N6O3S. The number of ether oxygens (including phenoxy) is 1. The van der Waals surface area contributed by atoms with Crippen molar-refractivity contribution < 1.29 is 14.3 Å². The lowest BCUT2D eigenvalue weighted by atomic mass is 10.1. The molecular weight excluding hydrogens is 428 g/mol. The zero-order valence-electron chi connectivity index (χ0n) is 18.1. The first-order valence-electron chi connectivity index (χ1n) is 10.6. The van der Waals surface area contributed by atoms with Crippen LogP contribution in [-0.2, 0) is 4.74 Å². The number of carbonyl (C=O) groups is 2. The van der Waals surface area contributed by atoms with Crippen molar-refractivity contribution >= 4 is 50.8 Å². The fourth-order valence-corrected chi connectivity index (χ4v) is 4.25. The second-order valence-corrected chi connectivity index (χ2v) is 9.11. The van der Waals surface area contributed by atoms with Crippen LogP contribution in [0.1, 0.15) is 37.0 Å². The van der Waals surface area contributed by atoms with E-state index in [1.54, 1.807) is 23.2 Å². The van der Waals surface area contributed by atoms with Crippen LogP contribution in [0.2, 0.25) is 0 Å². The van der Waals surface area contributed by atoms with Gasteiger partial charge in [-0.3, -0.25) is 4.79 Å². The smallest absolute Gasteiger partial charge is 0.409 e. The molecule has 0 atom stereocenters. The van der Waals surface area contributed by atoms with Crippen molar-refractivity contribution in [2.75, 3.05) is 30.3 Å². The molecule has 4 heterocycles. The van der Waals surface area contributed by atoms with Crippen LogP contribution < -0.4 is 10.6 Å². The average Bonchev–Trinajstić information content (AvgIpc) is 3.20. The number of aldehydes is 1. The Morgan fingerprint density at radius 3 is 2.78 bits per heavy atom. The van der Waals surface area contributed by atoms with E-state index in [1.807, 2.05) is 26.0 Å². The lowest BCUT2D eigenvalue weighted by Crippen LogP contribution is -2.43. The molecule has 2 N–H and O–H groups in total. The number of rotatable bonds is 7. The summed E-state index contributed by atoms with van der Waals surface area (Å²) in [6.45, 7) is 5.69. The molecule has 0 unspecified atom stereocenters. The number of fused-ring (bicyclic) bond motifs is 1. The quantitative estimate of drug-likeness (QED) is 0.508. The van der Waals surface area contributed by atoms with Gasteiger partial charge in [0.1, 0.15) is 28.3 Å². The molecule has 0 aromatic carbocycles. The van der Waals surface area contributed by atoms with Crippen molar-refractivity contribution in [3.63, 3.8) is 0 Å². The van der Waals surface area contributed by atoms with E-state index in [4.69, 9.17) is 4.74 Å². The van der Waals surface area contributed by atoms with Gasteiger partial charge in [0.15, 0.2) is 5.13 Å². The summed E-state index contributed by atoms with van der Waals surface area (Å²) >= 11 is 1.42. The molecule has 168 valence electrons. The van der Waals surface area contributed by atoms with Crippen molar-refractivity contribution in [3.8, 4) is 0 Å². The fraction of sp³-hybridized carbons (Fsp3) is 0.409. The minimum Gasteiger partial charge on any atom is -0.449 e. The highest BCUT2D eigenvalue weighted by atomic mass is 32.1. The zero-order valence-corrected chi connectivity index (χ0v) is 18.9. The summed E-state index contributed by atoms with van der Waals surface area (Å²) in [5, 5.41) is 7.24. The maximum Gasteiger partial charge on any atom is 0.409 e. The zero-order chi connectivity index (χ0) is 22.5. The Labute approximate surface area is 190 Å². The third kappa shape index (κ3) is 5.50. The van der Waals surface area contributed by atoms with E-state index in [2.05, 4.69) is 25.6 Å². The summed E-state index contributed by atoms with van der Waals surface area (Å²) in [5.41, 5.74) is 1.32. The third-order valence-corrected chi connectivity index (χ3v) is 5.93. The molecule has 1 saturated heterocycles. The number of hydrogen-bond donors (Lipinski definition) is 2. The predicted octanol–water partition coefficient (Wildman–Crippen LogP) is 4.31. The van der Waals surface area contributed by atoms with Crippen molar-refractivity contribution in [3.05, 3.63) is 36.0 Å². The van der Waals surface area contributed by atoms with Gasteiger partial charge in [0, 0.05) is 30.9 Å². The summed E-state index contributed by atoms with van der Waals surface area (Å²) in [7, 11) is 0. The largest absolute Gasteiger partial charge is 0.449 e. The number of nitrogens with zero attached hydrogens (tertiary/aromatic N) is 4. The second-order valence-electron chi connectivity index (χ2n) is 8.14. The van der Waals surface area contributed by atoms with Crippen molar-refractivity contribution in [1.29, 1.82) is 0 Å². The van der Waals surface area contributed by atoms with Gasteiger partial charge in [-0.25, -0.2) is 19.7 Å². The molecule has 0 bridgehead atoms. The van der Waals surface area contributed by atoms with E-state index in [0.29, 0.717) is 47.9 Å². The summed E-state index contributed by atoms with van der Waals surface area (Å²) in [6, 6.07) is 7.30. The molecule has 0 aliphatic carbocycles. The van der Waals surface area contributed by atoms with E-state index in [1.165, 1.54) is 11.3 Å². The maximum absolute atomic E-state index is 12.1. The number of nitrogens with one attached hydrogen (secondary N) is 2. The number of likely N-dealkylation sites (tertiary alicyclic amines) is 1. The Balaban J connectivity index is 1.39. The number of amides is 1. The molecule has 3 aromatic rings. The van der Waals surface area contributed by atoms with E-state index in [9.17, 15) is 9.59 Å². The lowest BCUT2D eigenvalue weighted by Gasteiger charge is -2.32. The highest BCUT2D eigenvalue weighted by molar-refractivity contribution is 7.21. The van der Waals surface area contributed by atoms with E-state index < -0.39 is 0 Å². The van der Waals surface area contributed by atoms with Crippen LogP contribution in [0.3, 0.4) is 0 Å². The Bertz CT molecular complexity index is 1060. The first-order chi connectivity index (χ1) is 15.5. The van der Waals surface area contributed by atoms with Gasteiger partial charge in [0.2, 0.25) is 0 Å². The highest BCUT2D eigenvalue weighted by Gasteiger charge is 2.24. The molecule has 1 aliphatic rings. The van der Waals surface area contributed by atoms with Crippen LogP contribution in [0.5, 0.6) is 0 Å². The van der Waals surface area contributed by atoms with Crippen LogP contribution >= 0.6 is 11.3 Å². The SMILES string of the molecule is CC(C)COC(=O)N1CCC(Nc2cc(C=O)cc(Nc3nc4cccnc4s3)n2)CC1. The molecule has 0 radical (unpaired) electrons. The minimum atomic E-state index is -0.255. The van der Waals surface area contributed by atoms with Crippen molar-refractivity contribution in [2.24, 2.45) is 5.92 Å². The van der Waals surface area contributed by atoms with Crippen LogP contribution in [0, 0.1) is 5.92 Å². The average molecular weight is 455 g/mol. The van der Waals surface area contributed by atoms with Crippen LogP contribution in [0.25, 0.3) is 10.3 Å². The van der Waals surface area contributed by atoms with E-state index >= 15 is 0 Å². The standard InChI is InChI=1S/C22H26N6O3S/c1-14(2)13-31-22(30)28-8-5-16(6-9-28)24-18-10-15(12-29)11-19(26-18)27-21-25-17-4-3-7-23-20(17)32-21/h3-4,7,10-12,14,16H,5-6,8-9,13H2,1-2H3,(H2,24,25,26,27). The first-order valence-corrected chi connectivity index (χ1v) is 11.5. The van der Waals surface area contributed by atoms with Gasteiger partial charge >= 0.3 is 6.09 Å². The minimum absolute atomic E-state index is 0.151. The Morgan fingerprint density at radius 1 is 1.28 bits per heavy atom. The Hall–Kier alpha value is -3.27. The van der Waals surface area contributed by atoms with Crippen LogP contribution in [-0.4, -0.2) is 58.0 Å². The molecule has 1 fully saturated rings. The number of aromatic nitrogens is 3. The van der Waals surface area contributed by atoms with Gasteiger partial charge in [0.25, 0.3) is 0 Å². The van der Waals surface area contributed by atoms with Crippen LogP contribution in [0.4, 0.5) is 21.6 Å². The van der Waals surface area contributed by atoms with E-state index in [0.717, 1.165) is 29.5 Å². The summed E-state index contributed by atoms with van der Waals surface area (Å²) in [6.07, 6.45) is 3.82. The molecule has 9 nitrogen and oxygen atoms in total. The monoisotopic (exact) mass is 454 g/mol. The van der Waals surface area contributed by atoms with Gasteiger partial charge in [-0.15, -0.1) is 0 Å². The highest BCUT2D eigenvalue weighted by Crippen LogP contribution is 2.27. The van der Waals surface area contributed by atoms with Gasteiger partial charge in [-0.2, -0.15) is 0 Å². The summed E-state index contributed by atoms with van der Waals surface area (Å²) < 4.78 is 5.32. The molecule has 10 heteroatoms. The maximum atomic E-state index is 12.1. The number of thiazole rings is 1. The van der Waals surface area contributed by atoms with E-state index in [-0.39, 0.29) is 12.1 Å². The van der Waals surface area contributed by atoms with Gasteiger partial charge in [-0.05, 0) is 43.0 Å². The Kier molecular flexibility index (Phi) is 6.79. The topological polar surface area (TPSA) is 109 Å². The van der Waals surface area contributed by atoms with Gasteiger partial charge < -0.3 is 20.3 Å². The van der Waals surface area contributed by atoms with Gasteiger partial charge in [-0.1, -0.05) is 25.2 Å². The molecule has 1 amide bonds. The Morgan fingerprint density at radius 2 is 2.06 bits per heavy atom. The summed E-state index contributed by atoms with van der Waals surface area (Å²) in [5.74, 6) is 1.46. The number of anilines is 3. The molecule has 3 aromatic heterocycles. The number of piperidine rings is 1. The molecule has 1 aliphatic heterocycles. The van der Waals surface area contributed by atoms with Crippen molar-refractivity contribution in [1.82, 2.24) is 19.9 Å². The third-order valence-electron chi connectivity index (χ3n) is 5.03. The predicted molar refractivity (Wildman–Crippen MR) is 125 cm³/mol. The molecule has 32 heavy (non-hydrogen) atoms. The van der Waals surface area contributed by atoms with Gasteiger partial charge in [0.05, 0.1) is 6.61 Å². The molecule has 4 rings (SSSR count). The van der Waals surface area contributed by atoms with Crippen molar-refractivity contribution in [2.45, 2.75) is 32.7 Å². The fourth-order valence-electron chi connectivity index (χ4n) is 3.44. The number of carbonyl (C=O) groups excluding carboxylic acids is 2. The second kappa shape index (κ2) is 9.90. The lowest BCUT2D eigenvalue weighted by molar-refractivity contribution is 0.0845. The number of hydrogen-bond acceptors (Lipinski definition) is 9. The number of pyridine rings is 2. The normalized spacial score (nSPS) is 14.5. The first kappa shape index (κ1) is 21.9. The summed E-state index contributed by atoms with van der Waals surface area (Å²) in [4.78, 5) is 39.6. The van der Waals surface area contributed by atoms with Crippen LogP contribution in [0.15, 0.2) is 30.5 Å². The molecule has 0 spiro atoms. The molecule has 0 saturated carbocycles.